The molecule has 1 aromatic carbocycles. The first-order valence-corrected chi connectivity index (χ1v) is 11.7. The van der Waals surface area contributed by atoms with Crippen molar-refractivity contribution in [3.05, 3.63) is 57.9 Å². The van der Waals surface area contributed by atoms with Crippen molar-refractivity contribution in [1.29, 1.82) is 0 Å². The lowest BCUT2D eigenvalue weighted by molar-refractivity contribution is -0.136. The number of nitrogens with two attached hydrogens (primary N) is 1. The van der Waals surface area contributed by atoms with Crippen molar-refractivity contribution in [3.8, 4) is 0 Å². The van der Waals surface area contributed by atoms with Crippen LogP contribution in [-0.4, -0.2) is 26.8 Å². The Morgan fingerprint density at radius 3 is 2.70 bits per heavy atom. The van der Waals surface area contributed by atoms with Gasteiger partial charge in [-0.05, 0) is 80.2 Å². The van der Waals surface area contributed by atoms with Gasteiger partial charge in [0.2, 0.25) is 0 Å². The maximum atomic E-state index is 11.0. The maximum Gasteiger partial charge on any atom is 0.303 e. The summed E-state index contributed by atoms with van der Waals surface area (Å²) in [6, 6.07) is 4.03. The molecular weight excluding hydrogens is 416 g/mol. The number of rotatable bonds is 8. The van der Waals surface area contributed by atoms with Gasteiger partial charge < -0.3 is 9.94 Å². The molecule has 1 aliphatic carbocycles. The Hall–Kier alpha value is -2.93. The summed E-state index contributed by atoms with van der Waals surface area (Å²) in [4.78, 5) is 20.9. The number of carboxylic acids is 1. The fourth-order valence-electron chi connectivity index (χ4n) is 4.72. The molecular formula is C26H36N4O3. The molecule has 0 saturated heterocycles. The van der Waals surface area contributed by atoms with Crippen molar-refractivity contribution in [1.82, 2.24) is 9.78 Å². The second kappa shape index (κ2) is 9.91. The summed E-state index contributed by atoms with van der Waals surface area (Å²) < 4.78 is 2.03. The molecule has 1 aliphatic rings. The van der Waals surface area contributed by atoms with E-state index >= 15 is 0 Å². The van der Waals surface area contributed by atoms with E-state index in [1.807, 2.05) is 23.7 Å². The van der Waals surface area contributed by atoms with Gasteiger partial charge in [0, 0.05) is 29.8 Å². The van der Waals surface area contributed by atoms with E-state index in [4.69, 9.17) is 20.9 Å². The minimum atomic E-state index is -0.794. The van der Waals surface area contributed by atoms with Crippen LogP contribution in [0.3, 0.4) is 0 Å². The van der Waals surface area contributed by atoms with Crippen LogP contribution in [0.2, 0.25) is 0 Å². The molecule has 0 radical (unpaired) electrons. The van der Waals surface area contributed by atoms with Crippen LogP contribution in [0.4, 0.5) is 0 Å². The van der Waals surface area contributed by atoms with Crippen molar-refractivity contribution in [2.75, 3.05) is 0 Å². The number of aryl methyl sites for hydroxylation is 3. The first kappa shape index (κ1) is 24.7. The van der Waals surface area contributed by atoms with Crippen LogP contribution in [-0.2, 0) is 41.9 Å². The van der Waals surface area contributed by atoms with Crippen LogP contribution in [0, 0.1) is 12.3 Å². The number of carboxylic acid groups (broad SMARTS) is 1. The Bertz CT molecular complexity index is 1100. The third-order valence-corrected chi connectivity index (χ3v) is 6.58. The smallest absolute Gasteiger partial charge is 0.303 e. The molecule has 0 spiro atoms. The van der Waals surface area contributed by atoms with Crippen LogP contribution < -0.4 is 5.90 Å². The number of hydrogen-bond acceptors (Lipinski definition) is 5. The topological polar surface area (TPSA) is 103 Å². The Morgan fingerprint density at radius 1 is 1.36 bits per heavy atom. The molecule has 3 N–H and O–H groups in total. The standard InChI is InChI=1S/C26H36N4O3/c1-7-18-14-19(13-16(3)20(18)9-10-23(31)32)17(4)28-25(33-27)24-21-11-12-26(5,6)15-22(21)30(8-2)29-24/h13-14H,4,7-12,15,27H2,1-3,5-6H3,(H,31,32)/b28-25-. The van der Waals surface area contributed by atoms with Gasteiger partial charge in [0.05, 0.1) is 5.70 Å². The number of carbonyl (C=O) groups is 1. The number of aromatic nitrogens is 2. The number of aliphatic carboxylic acids is 1. The molecule has 1 aromatic heterocycles. The minimum Gasteiger partial charge on any atom is -0.481 e. The average Bonchev–Trinajstić information content (AvgIpc) is 3.12. The van der Waals surface area contributed by atoms with Gasteiger partial charge in [0.25, 0.3) is 5.90 Å². The van der Waals surface area contributed by atoms with Crippen molar-refractivity contribution >= 4 is 17.6 Å². The summed E-state index contributed by atoms with van der Waals surface area (Å²) in [7, 11) is 0. The molecule has 0 atom stereocenters. The number of aliphatic imine (C=N–C) groups is 1. The van der Waals surface area contributed by atoms with Crippen molar-refractivity contribution in [2.24, 2.45) is 16.3 Å². The quantitative estimate of drug-likeness (QED) is 0.346. The summed E-state index contributed by atoms with van der Waals surface area (Å²) in [6.07, 6.45) is 4.35. The van der Waals surface area contributed by atoms with E-state index in [1.165, 1.54) is 5.69 Å². The number of fused-ring (bicyclic) bond motifs is 1. The molecule has 33 heavy (non-hydrogen) atoms. The molecule has 0 unspecified atom stereocenters. The predicted molar refractivity (Wildman–Crippen MR) is 131 cm³/mol. The second-order valence-corrected chi connectivity index (χ2v) is 9.59. The first-order chi connectivity index (χ1) is 15.6. The monoisotopic (exact) mass is 452 g/mol. The van der Waals surface area contributed by atoms with Gasteiger partial charge in [-0.2, -0.15) is 11.0 Å². The highest BCUT2D eigenvalue weighted by atomic mass is 16.6. The zero-order valence-corrected chi connectivity index (χ0v) is 20.5. The Kier molecular flexibility index (Phi) is 7.42. The highest BCUT2D eigenvalue weighted by molar-refractivity contribution is 5.97. The highest BCUT2D eigenvalue weighted by Gasteiger charge is 2.32. The Labute approximate surface area is 196 Å². The summed E-state index contributed by atoms with van der Waals surface area (Å²) in [5.74, 6) is 5.15. The Balaban J connectivity index is 1.97. The first-order valence-electron chi connectivity index (χ1n) is 11.7. The van der Waals surface area contributed by atoms with Crippen LogP contribution in [0.1, 0.15) is 79.7 Å². The van der Waals surface area contributed by atoms with Crippen molar-refractivity contribution in [3.63, 3.8) is 0 Å². The molecule has 3 rings (SSSR count). The largest absolute Gasteiger partial charge is 0.481 e. The van der Waals surface area contributed by atoms with E-state index in [2.05, 4.69) is 39.3 Å². The molecule has 7 heteroatoms. The number of hydrogen-bond donors (Lipinski definition) is 2. The van der Waals surface area contributed by atoms with Crippen molar-refractivity contribution < 1.29 is 14.7 Å². The van der Waals surface area contributed by atoms with Gasteiger partial charge in [-0.25, -0.2) is 4.99 Å². The third kappa shape index (κ3) is 5.36. The van der Waals surface area contributed by atoms with Crippen LogP contribution in [0.5, 0.6) is 0 Å². The fraction of sp³-hybridized carbons (Fsp3) is 0.500. The van der Waals surface area contributed by atoms with Gasteiger partial charge in [-0.15, -0.1) is 0 Å². The van der Waals surface area contributed by atoms with E-state index in [-0.39, 0.29) is 17.7 Å². The minimum absolute atomic E-state index is 0.111. The van der Waals surface area contributed by atoms with E-state index in [1.54, 1.807) is 0 Å². The van der Waals surface area contributed by atoms with E-state index in [0.717, 1.165) is 60.0 Å². The fourth-order valence-corrected chi connectivity index (χ4v) is 4.72. The summed E-state index contributed by atoms with van der Waals surface area (Å²) in [5.41, 5.74) is 7.92. The SMILES string of the molecule is C=C(/N=C(\ON)c1nn(CC)c2c1CCC(C)(C)C2)c1cc(C)c(CCC(=O)O)c(CC)c1. The zero-order chi connectivity index (χ0) is 24.3. The van der Waals surface area contributed by atoms with Gasteiger partial charge in [-0.3, -0.25) is 9.48 Å². The molecule has 178 valence electrons. The molecule has 0 amide bonds. The lowest BCUT2D eigenvalue weighted by atomic mass is 9.76. The van der Waals surface area contributed by atoms with E-state index < -0.39 is 5.97 Å². The molecule has 7 nitrogen and oxygen atoms in total. The van der Waals surface area contributed by atoms with E-state index in [9.17, 15) is 4.79 Å². The predicted octanol–water partition coefficient (Wildman–Crippen LogP) is 4.61. The molecule has 0 bridgehead atoms. The summed E-state index contributed by atoms with van der Waals surface area (Å²) in [5, 5.41) is 13.9. The third-order valence-electron chi connectivity index (χ3n) is 6.58. The second-order valence-electron chi connectivity index (χ2n) is 9.59. The van der Waals surface area contributed by atoms with Crippen molar-refractivity contribution in [2.45, 2.75) is 79.7 Å². The normalized spacial score (nSPS) is 15.3. The molecule has 0 fully saturated rings. The van der Waals surface area contributed by atoms with Crippen LogP contribution >= 0.6 is 0 Å². The van der Waals surface area contributed by atoms with Gasteiger partial charge >= 0.3 is 5.97 Å². The zero-order valence-electron chi connectivity index (χ0n) is 20.5. The number of nitrogens with zero attached hydrogens (tertiary/aromatic N) is 3. The van der Waals surface area contributed by atoms with Gasteiger partial charge in [0.1, 0.15) is 0 Å². The lowest BCUT2D eigenvalue weighted by Gasteiger charge is -2.30. The highest BCUT2D eigenvalue weighted by Crippen LogP contribution is 2.36. The molecule has 0 aliphatic heterocycles. The molecule has 1 heterocycles. The van der Waals surface area contributed by atoms with Gasteiger partial charge in [-0.1, -0.05) is 27.4 Å². The summed E-state index contributed by atoms with van der Waals surface area (Å²) in [6.45, 7) is 15.7. The van der Waals surface area contributed by atoms with Gasteiger partial charge in [0.15, 0.2) is 5.69 Å². The summed E-state index contributed by atoms with van der Waals surface area (Å²) >= 11 is 0. The van der Waals surface area contributed by atoms with Crippen LogP contribution in [0.25, 0.3) is 5.70 Å². The molecule has 2 aromatic rings. The number of benzene rings is 1. The van der Waals surface area contributed by atoms with E-state index in [0.29, 0.717) is 17.8 Å². The Morgan fingerprint density at radius 2 is 2.09 bits per heavy atom. The lowest BCUT2D eigenvalue weighted by Crippen LogP contribution is -2.24. The molecule has 0 saturated carbocycles. The maximum absolute atomic E-state index is 11.0. The average molecular weight is 453 g/mol. The van der Waals surface area contributed by atoms with Crippen LogP contribution in [0.15, 0.2) is 23.7 Å².